The fourth-order valence-electron chi connectivity index (χ4n) is 2.00. The number of hydrogen-bond acceptors (Lipinski definition) is 1. The molecule has 1 unspecified atom stereocenters. The normalized spacial score (nSPS) is 12.5. The zero-order valence-corrected chi connectivity index (χ0v) is 13.4. The highest BCUT2D eigenvalue weighted by Gasteiger charge is 2.14. The highest BCUT2D eigenvalue weighted by Crippen LogP contribution is 2.34. The monoisotopic (exact) mass is 308 g/mol. The van der Waals surface area contributed by atoms with Gasteiger partial charge in [0.25, 0.3) is 0 Å². The quantitative estimate of drug-likeness (QED) is 0.652. The topological polar surface area (TPSA) is 9.23 Å². The van der Waals surface area contributed by atoms with E-state index in [0.29, 0.717) is 5.02 Å². The summed E-state index contributed by atoms with van der Waals surface area (Å²) in [6, 6.07) is 13.8. The Kier molecular flexibility index (Phi) is 4.95. The molecule has 0 aliphatic heterocycles. The summed E-state index contributed by atoms with van der Waals surface area (Å²) in [5.74, 6) is 0.850. The molecule has 2 aromatic carbocycles. The average Bonchev–Trinajstić information content (AvgIpc) is 2.38. The Morgan fingerprint density at radius 1 is 1.00 bits per heavy atom. The molecule has 0 radical (unpaired) electrons. The zero-order valence-electron chi connectivity index (χ0n) is 11.9. The molecule has 0 amide bonds. The van der Waals surface area contributed by atoms with Crippen molar-refractivity contribution < 1.29 is 4.74 Å². The van der Waals surface area contributed by atoms with Gasteiger partial charge in [0.05, 0.1) is 11.5 Å². The number of rotatable bonds is 4. The molecule has 1 nitrogen and oxygen atoms in total. The van der Waals surface area contributed by atoms with Crippen LogP contribution in [0.4, 0.5) is 0 Å². The first kappa shape index (κ1) is 15.2. The molecule has 0 bridgehead atoms. The smallest absolute Gasteiger partial charge is 0.119 e. The Labute approximate surface area is 130 Å². The molecule has 2 rings (SSSR count). The van der Waals surface area contributed by atoms with Gasteiger partial charge in [-0.15, -0.1) is 11.6 Å². The highest BCUT2D eigenvalue weighted by atomic mass is 35.5. The van der Waals surface area contributed by atoms with Crippen LogP contribution >= 0.6 is 23.2 Å². The number of alkyl halides is 1. The van der Waals surface area contributed by atoms with Gasteiger partial charge in [0.1, 0.15) is 5.75 Å². The predicted molar refractivity (Wildman–Crippen MR) is 86.1 cm³/mol. The molecule has 0 aliphatic rings. The second kappa shape index (κ2) is 6.51. The molecular weight excluding hydrogens is 291 g/mol. The molecule has 0 aliphatic carbocycles. The van der Waals surface area contributed by atoms with E-state index in [2.05, 4.69) is 0 Å². The van der Waals surface area contributed by atoms with Crippen LogP contribution in [-0.2, 0) is 0 Å². The second-order valence-electron chi connectivity index (χ2n) is 5.12. The maximum Gasteiger partial charge on any atom is 0.119 e. The SMILES string of the molecule is Cc1ccc(C(Cl)c2ccc(OC(C)C)cc2)c(Cl)c1. The van der Waals surface area contributed by atoms with Crippen LogP contribution < -0.4 is 4.74 Å². The first-order valence-electron chi connectivity index (χ1n) is 6.64. The van der Waals surface area contributed by atoms with Crippen molar-refractivity contribution in [3.63, 3.8) is 0 Å². The fourth-order valence-corrected chi connectivity index (χ4v) is 2.74. The summed E-state index contributed by atoms with van der Waals surface area (Å²) in [5.41, 5.74) is 3.06. The molecule has 2 aromatic rings. The maximum absolute atomic E-state index is 6.52. The predicted octanol–water partition coefficient (Wildman–Crippen LogP) is 5.76. The lowest BCUT2D eigenvalue weighted by atomic mass is 10.0. The first-order valence-corrected chi connectivity index (χ1v) is 7.45. The van der Waals surface area contributed by atoms with Gasteiger partial charge in [0.2, 0.25) is 0 Å². The number of benzene rings is 2. The molecular formula is C17H18Cl2O. The van der Waals surface area contributed by atoms with E-state index in [1.807, 2.05) is 63.2 Å². The van der Waals surface area contributed by atoms with Crippen LogP contribution in [0.2, 0.25) is 5.02 Å². The molecule has 0 saturated carbocycles. The van der Waals surface area contributed by atoms with Gasteiger partial charge in [0.15, 0.2) is 0 Å². The third-order valence-corrected chi connectivity index (χ3v) is 3.79. The molecule has 106 valence electrons. The third kappa shape index (κ3) is 3.68. The summed E-state index contributed by atoms with van der Waals surface area (Å²) >= 11 is 12.8. The van der Waals surface area contributed by atoms with E-state index >= 15 is 0 Å². The molecule has 0 N–H and O–H groups in total. The van der Waals surface area contributed by atoms with Gasteiger partial charge < -0.3 is 4.74 Å². The van der Waals surface area contributed by atoms with Crippen LogP contribution in [0.5, 0.6) is 5.75 Å². The van der Waals surface area contributed by atoms with Crippen molar-refractivity contribution in [2.24, 2.45) is 0 Å². The minimum Gasteiger partial charge on any atom is -0.491 e. The van der Waals surface area contributed by atoms with Crippen LogP contribution in [0.3, 0.4) is 0 Å². The van der Waals surface area contributed by atoms with E-state index in [0.717, 1.165) is 22.4 Å². The Balaban J connectivity index is 2.22. The van der Waals surface area contributed by atoms with Gasteiger partial charge in [-0.3, -0.25) is 0 Å². The molecule has 0 heterocycles. The molecule has 1 atom stereocenters. The van der Waals surface area contributed by atoms with Crippen molar-refractivity contribution in [2.45, 2.75) is 32.3 Å². The second-order valence-corrected chi connectivity index (χ2v) is 5.97. The number of ether oxygens (including phenoxy) is 1. The Bertz CT molecular complexity index is 576. The molecule has 20 heavy (non-hydrogen) atoms. The third-order valence-electron chi connectivity index (χ3n) is 2.97. The van der Waals surface area contributed by atoms with Crippen LogP contribution in [0.1, 0.15) is 35.9 Å². The lowest BCUT2D eigenvalue weighted by Gasteiger charge is -2.14. The van der Waals surface area contributed by atoms with Gasteiger partial charge in [-0.25, -0.2) is 0 Å². The van der Waals surface area contributed by atoms with Crippen molar-refractivity contribution in [3.8, 4) is 5.75 Å². The van der Waals surface area contributed by atoms with Gasteiger partial charge >= 0.3 is 0 Å². The molecule has 0 saturated heterocycles. The number of halogens is 2. The lowest BCUT2D eigenvalue weighted by molar-refractivity contribution is 0.242. The minimum absolute atomic E-state index is 0.166. The summed E-state index contributed by atoms with van der Waals surface area (Å²) < 4.78 is 5.62. The fraction of sp³-hybridized carbons (Fsp3) is 0.294. The summed E-state index contributed by atoms with van der Waals surface area (Å²) in [6.45, 7) is 6.02. The summed E-state index contributed by atoms with van der Waals surface area (Å²) in [5, 5.41) is 0.448. The van der Waals surface area contributed by atoms with Crippen molar-refractivity contribution in [2.75, 3.05) is 0 Å². The van der Waals surface area contributed by atoms with E-state index in [9.17, 15) is 0 Å². The Morgan fingerprint density at radius 3 is 2.20 bits per heavy atom. The van der Waals surface area contributed by atoms with Crippen LogP contribution in [-0.4, -0.2) is 6.10 Å². The van der Waals surface area contributed by atoms with E-state index in [1.165, 1.54) is 0 Å². The maximum atomic E-state index is 6.52. The molecule has 0 aromatic heterocycles. The van der Waals surface area contributed by atoms with Crippen molar-refractivity contribution >= 4 is 23.2 Å². The standard InChI is InChI=1S/C17H18Cl2O/c1-11(2)20-14-7-5-13(6-8-14)17(19)15-9-4-12(3)10-16(15)18/h4-11,17H,1-3H3. The van der Waals surface area contributed by atoms with Crippen LogP contribution in [0, 0.1) is 6.92 Å². The van der Waals surface area contributed by atoms with E-state index in [1.54, 1.807) is 0 Å². The van der Waals surface area contributed by atoms with Crippen LogP contribution in [0.15, 0.2) is 42.5 Å². The average molecular weight is 309 g/mol. The van der Waals surface area contributed by atoms with Gasteiger partial charge in [0, 0.05) is 5.02 Å². The zero-order chi connectivity index (χ0) is 14.7. The van der Waals surface area contributed by atoms with Crippen molar-refractivity contribution in [1.82, 2.24) is 0 Å². The Morgan fingerprint density at radius 2 is 1.65 bits per heavy atom. The van der Waals surface area contributed by atoms with Gasteiger partial charge in [-0.05, 0) is 55.7 Å². The summed E-state index contributed by atoms with van der Waals surface area (Å²) in [4.78, 5) is 0. The van der Waals surface area contributed by atoms with Crippen molar-refractivity contribution in [3.05, 3.63) is 64.2 Å². The highest BCUT2D eigenvalue weighted by molar-refractivity contribution is 6.33. The Hall–Kier alpha value is -1.18. The van der Waals surface area contributed by atoms with E-state index in [4.69, 9.17) is 27.9 Å². The van der Waals surface area contributed by atoms with E-state index in [-0.39, 0.29) is 11.5 Å². The molecule has 0 spiro atoms. The number of hydrogen-bond donors (Lipinski definition) is 0. The van der Waals surface area contributed by atoms with Crippen LogP contribution in [0.25, 0.3) is 0 Å². The first-order chi connectivity index (χ1) is 9.47. The lowest BCUT2D eigenvalue weighted by Crippen LogP contribution is -2.05. The summed E-state index contributed by atoms with van der Waals surface area (Å²) in [6.07, 6.45) is 0.166. The largest absolute Gasteiger partial charge is 0.491 e. The van der Waals surface area contributed by atoms with Gasteiger partial charge in [-0.2, -0.15) is 0 Å². The molecule has 0 fully saturated rings. The minimum atomic E-state index is -0.254. The number of aryl methyl sites for hydroxylation is 1. The molecule has 3 heteroatoms. The van der Waals surface area contributed by atoms with Gasteiger partial charge in [-0.1, -0.05) is 35.9 Å². The van der Waals surface area contributed by atoms with Crippen molar-refractivity contribution in [1.29, 1.82) is 0 Å². The summed E-state index contributed by atoms with van der Waals surface area (Å²) in [7, 11) is 0. The van der Waals surface area contributed by atoms with E-state index < -0.39 is 0 Å².